The summed E-state index contributed by atoms with van der Waals surface area (Å²) < 4.78 is 0. The molecule has 1 aliphatic heterocycles. The molecule has 3 rings (SSSR count). The normalized spacial score (nSPS) is 14.6. The van der Waals surface area contributed by atoms with E-state index in [2.05, 4.69) is 44.9 Å². The maximum Gasteiger partial charge on any atom is 0.269 e. The second kappa shape index (κ2) is 9.37. The van der Waals surface area contributed by atoms with Gasteiger partial charge in [-0.15, -0.1) is 0 Å². The number of benzene rings is 2. The molecule has 28 heavy (non-hydrogen) atoms. The zero-order valence-electron chi connectivity index (χ0n) is 16.6. The van der Waals surface area contributed by atoms with Crippen molar-refractivity contribution in [2.24, 2.45) is 0 Å². The first-order chi connectivity index (χ1) is 13.5. The third-order valence-electron chi connectivity index (χ3n) is 5.31. The van der Waals surface area contributed by atoms with Crippen LogP contribution in [0.3, 0.4) is 0 Å². The van der Waals surface area contributed by atoms with Crippen molar-refractivity contribution in [1.29, 1.82) is 0 Å². The minimum Gasteiger partial charge on any atom is -0.369 e. The van der Waals surface area contributed by atoms with Crippen molar-refractivity contribution in [3.8, 4) is 0 Å². The molecule has 0 bridgehead atoms. The van der Waals surface area contributed by atoms with Crippen LogP contribution in [0.2, 0.25) is 0 Å². The van der Waals surface area contributed by atoms with Gasteiger partial charge in [-0.05, 0) is 43.2 Å². The van der Waals surface area contributed by atoms with Gasteiger partial charge in [0.25, 0.3) is 5.91 Å². The fourth-order valence-corrected chi connectivity index (χ4v) is 3.38. The van der Waals surface area contributed by atoms with Crippen LogP contribution in [-0.2, 0) is 4.79 Å². The van der Waals surface area contributed by atoms with E-state index in [-0.39, 0.29) is 11.8 Å². The van der Waals surface area contributed by atoms with Crippen LogP contribution in [0.1, 0.15) is 27.9 Å². The molecule has 0 saturated carbocycles. The highest BCUT2D eigenvalue weighted by atomic mass is 16.2. The first kappa shape index (κ1) is 19.9. The summed E-state index contributed by atoms with van der Waals surface area (Å²) in [4.78, 5) is 29.0. The van der Waals surface area contributed by atoms with E-state index >= 15 is 0 Å². The van der Waals surface area contributed by atoms with Crippen LogP contribution in [0.4, 0.5) is 5.69 Å². The van der Waals surface area contributed by atoms with Crippen molar-refractivity contribution in [2.45, 2.75) is 20.3 Å². The van der Waals surface area contributed by atoms with Gasteiger partial charge in [-0.1, -0.05) is 30.3 Å². The summed E-state index contributed by atoms with van der Waals surface area (Å²) in [5, 5.41) is 0. The van der Waals surface area contributed by atoms with Crippen LogP contribution >= 0.6 is 0 Å². The van der Waals surface area contributed by atoms with Gasteiger partial charge in [0, 0.05) is 50.4 Å². The van der Waals surface area contributed by atoms with Crippen molar-refractivity contribution >= 4 is 17.5 Å². The van der Waals surface area contributed by atoms with E-state index in [4.69, 9.17) is 0 Å². The molecule has 1 fully saturated rings. The number of amides is 2. The van der Waals surface area contributed by atoms with E-state index < -0.39 is 0 Å². The van der Waals surface area contributed by atoms with Gasteiger partial charge in [-0.25, -0.2) is 0 Å². The number of nitrogens with one attached hydrogen (secondary N) is 2. The minimum atomic E-state index is -0.286. The number of carbonyl (C=O) groups is 2. The molecule has 148 valence electrons. The van der Waals surface area contributed by atoms with Gasteiger partial charge in [0.15, 0.2) is 0 Å². The summed E-state index contributed by atoms with van der Waals surface area (Å²) in [7, 11) is 0. The molecule has 6 heteroatoms. The zero-order valence-corrected chi connectivity index (χ0v) is 16.6. The Kier molecular flexibility index (Phi) is 6.66. The first-order valence-electron chi connectivity index (χ1n) is 9.72. The molecule has 6 nitrogen and oxygen atoms in total. The summed E-state index contributed by atoms with van der Waals surface area (Å²) in [5.74, 6) is -0.463. The molecule has 2 amide bonds. The number of anilines is 1. The monoisotopic (exact) mass is 380 g/mol. The number of hydrogen-bond donors (Lipinski definition) is 2. The smallest absolute Gasteiger partial charge is 0.269 e. The van der Waals surface area contributed by atoms with E-state index in [1.807, 2.05) is 32.0 Å². The number of hydrazine groups is 1. The predicted octanol–water partition coefficient (Wildman–Crippen LogP) is 2.28. The molecule has 0 unspecified atom stereocenters. The van der Waals surface area contributed by atoms with Crippen LogP contribution in [0, 0.1) is 13.8 Å². The molecule has 0 aromatic heterocycles. The van der Waals surface area contributed by atoms with Crippen LogP contribution in [-0.4, -0.2) is 49.4 Å². The summed E-state index contributed by atoms with van der Waals surface area (Å²) >= 11 is 0. The predicted molar refractivity (Wildman–Crippen MR) is 111 cm³/mol. The third kappa shape index (κ3) is 5.10. The Hall–Kier alpha value is -2.86. The quantitative estimate of drug-likeness (QED) is 0.781. The summed E-state index contributed by atoms with van der Waals surface area (Å²) in [6.45, 7) is 8.31. The Morgan fingerprint density at radius 1 is 0.893 bits per heavy atom. The number of hydrogen-bond acceptors (Lipinski definition) is 4. The highest BCUT2D eigenvalue weighted by molar-refractivity contribution is 5.96. The van der Waals surface area contributed by atoms with Crippen molar-refractivity contribution in [1.82, 2.24) is 15.8 Å². The molecule has 2 N–H and O–H groups in total. The van der Waals surface area contributed by atoms with Crippen molar-refractivity contribution in [3.05, 3.63) is 65.2 Å². The van der Waals surface area contributed by atoms with Gasteiger partial charge in [-0.3, -0.25) is 25.3 Å². The lowest BCUT2D eigenvalue weighted by molar-refractivity contribution is -0.122. The standard InChI is InChI=1S/C22H28N4O2/c1-17-7-6-10-20(18(17)2)22(28)24-23-21(27)11-12-25-13-15-26(16-14-25)19-8-4-3-5-9-19/h3-10H,11-16H2,1-2H3,(H,23,27)(H,24,28). The van der Waals surface area contributed by atoms with Crippen molar-refractivity contribution in [2.75, 3.05) is 37.6 Å². The number of carbonyl (C=O) groups excluding carboxylic acids is 2. The van der Waals surface area contributed by atoms with Crippen LogP contribution in [0.15, 0.2) is 48.5 Å². The maximum atomic E-state index is 12.3. The van der Waals surface area contributed by atoms with E-state index in [0.29, 0.717) is 18.5 Å². The molecule has 1 aliphatic rings. The second-order valence-corrected chi connectivity index (χ2v) is 7.16. The van der Waals surface area contributed by atoms with Crippen molar-refractivity contribution in [3.63, 3.8) is 0 Å². The average molecular weight is 380 g/mol. The number of rotatable bonds is 5. The van der Waals surface area contributed by atoms with Crippen LogP contribution < -0.4 is 15.8 Å². The molecular weight excluding hydrogens is 352 g/mol. The zero-order chi connectivity index (χ0) is 19.9. The fourth-order valence-electron chi connectivity index (χ4n) is 3.38. The highest BCUT2D eigenvalue weighted by Crippen LogP contribution is 2.15. The lowest BCUT2D eigenvalue weighted by Crippen LogP contribution is -2.48. The van der Waals surface area contributed by atoms with E-state index in [0.717, 1.165) is 37.3 Å². The number of aryl methyl sites for hydroxylation is 1. The fraction of sp³-hybridized carbons (Fsp3) is 0.364. The first-order valence-corrected chi connectivity index (χ1v) is 9.72. The SMILES string of the molecule is Cc1cccc(C(=O)NNC(=O)CCN2CCN(c3ccccc3)CC2)c1C. The number of piperazine rings is 1. The second-order valence-electron chi connectivity index (χ2n) is 7.16. The largest absolute Gasteiger partial charge is 0.369 e. The van der Waals surface area contributed by atoms with E-state index in [1.54, 1.807) is 6.07 Å². The molecule has 2 aromatic carbocycles. The summed E-state index contributed by atoms with van der Waals surface area (Å²) in [6, 6.07) is 15.9. The molecule has 2 aromatic rings. The van der Waals surface area contributed by atoms with Gasteiger partial charge < -0.3 is 4.90 Å². The lowest BCUT2D eigenvalue weighted by atomic mass is 10.0. The number of nitrogens with zero attached hydrogens (tertiary/aromatic N) is 2. The molecule has 0 aliphatic carbocycles. The van der Waals surface area contributed by atoms with E-state index in [1.165, 1.54) is 5.69 Å². The molecule has 0 spiro atoms. The van der Waals surface area contributed by atoms with Gasteiger partial charge in [0.05, 0.1) is 0 Å². The summed E-state index contributed by atoms with van der Waals surface area (Å²) in [6.07, 6.45) is 0.360. The van der Waals surface area contributed by atoms with Gasteiger partial charge >= 0.3 is 0 Å². The molecular formula is C22H28N4O2. The van der Waals surface area contributed by atoms with E-state index in [9.17, 15) is 9.59 Å². The third-order valence-corrected chi connectivity index (χ3v) is 5.31. The molecule has 0 radical (unpaired) electrons. The van der Waals surface area contributed by atoms with Crippen LogP contribution in [0.25, 0.3) is 0 Å². The Morgan fingerprint density at radius 2 is 1.61 bits per heavy atom. The minimum absolute atomic E-state index is 0.177. The van der Waals surface area contributed by atoms with Gasteiger partial charge in [-0.2, -0.15) is 0 Å². The van der Waals surface area contributed by atoms with Crippen molar-refractivity contribution < 1.29 is 9.59 Å². The van der Waals surface area contributed by atoms with Gasteiger partial charge in [0.1, 0.15) is 0 Å². The highest BCUT2D eigenvalue weighted by Gasteiger charge is 2.18. The van der Waals surface area contributed by atoms with Gasteiger partial charge in [0.2, 0.25) is 5.91 Å². The average Bonchev–Trinajstić information content (AvgIpc) is 2.73. The summed E-state index contributed by atoms with van der Waals surface area (Å²) in [5.41, 5.74) is 8.84. The Morgan fingerprint density at radius 3 is 2.32 bits per heavy atom. The molecule has 0 atom stereocenters. The lowest BCUT2D eigenvalue weighted by Gasteiger charge is -2.36. The Balaban J connectivity index is 1.38. The number of para-hydroxylation sites is 1. The Bertz CT molecular complexity index is 815. The molecule has 1 heterocycles. The Labute approximate surface area is 166 Å². The maximum absolute atomic E-state index is 12.3. The topological polar surface area (TPSA) is 64.7 Å². The van der Waals surface area contributed by atoms with Crippen LogP contribution in [0.5, 0.6) is 0 Å². The molecule has 1 saturated heterocycles.